The number of unbranched alkanes of at least 4 members (excludes halogenated alkanes) is 3. The average Bonchev–Trinajstić information content (AvgIpc) is 2.43. The maximum absolute atomic E-state index is 10.3. The minimum absolute atomic E-state index is 0.178. The molecule has 21 heavy (non-hydrogen) atoms. The molecule has 108 valence electrons. The Morgan fingerprint density at radius 1 is 1.10 bits per heavy atom. The fourth-order valence-corrected chi connectivity index (χ4v) is 1.47. The molecule has 3 nitrogen and oxygen atoms in total. The number of hydrogen-bond acceptors (Lipinski definition) is 2. The van der Waals surface area contributed by atoms with Crippen LogP contribution in [0.5, 0.6) is 0 Å². The van der Waals surface area contributed by atoms with Crippen LogP contribution in [0.3, 0.4) is 0 Å². The topological polar surface area (TPSA) is 57.5 Å². The van der Waals surface area contributed by atoms with E-state index in [2.05, 4.69) is 41.4 Å². The van der Waals surface area contributed by atoms with Gasteiger partial charge in [-0.15, -0.1) is 6.42 Å². The van der Waals surface area contributed by atoms with Crippen LogP contribution in [-0.2, 0) is 4.79 Å². The summed E-state index contributed by atoms with van der Waals surface area (Å²) in [5, 5.41) is 17.8. The zero-order valence-corrected chi connectivity index (χ0v) is 11.9. The summed E-state index contributed by atoms with van der Waals surface area (Å²) >= 11 is 0. The highest BCUT2D eigenvalue weighted by molar-refractivity contribution is 5.67. The zero-order valence-electron chi connectivity index (χ0n) is 11.9. The smallest absolute Gasteiger partial charge is 0.305 e. The summed E-state index contributed by atoms with van der Waals surface area (Å²) in [6.07, 6.45) is 11.9. The molecule has 0 heterocycles. The van der Waals surface area contributed by atoms with Crippen molar-refractivity contribution in [3.63, 3.8) is 0 Å². The van der Waals surface area contributed by atoms with Crippen LogP contribution in [0.25, 0.3) is 0 Å². The van der Waals surface area contributed by atoms with Gasteiger partial charge in [0.2, 0.25) is 0 Å². The van der Waals surface area contributed by atoms with Gasteiger partial charge < -0.3 is 10.2 Å². The van der Waals surface area contributed by atoms with Crippen molar-refractivity contribution in [2.75, 3.05) is 0 Å². The number of rotatable bonds is 8. The Balaban J connectivity index is 3.61. The maximum atomic E-state index is 10.3. The van der Waals surface area contributed by atoms with E-state index in [1.165, 1.54) is 0 Å². The summed E-state index contributed by atoms with van der Waals surface area (Å²) in [6.45, 7) is 0. The Morgan fingerprint density at radius 3 is 2.52 bits per heavy atom. The first kappa shape index (κ1) is 18.4. The Labute approximate surface area is 126 Å². The molecular formula is C18H18O3. The fourth-order valence-electron chi connectivity index (χ4n) is 1.47. The molecule has 0 bridgehead atoms. The van der Waals surface area contributed by atoms with Gasteiger partial charge in [0.15, 0.2) is 0 Å². The Kier molecular flexibility index (Phi) is 12.1. The van der Waals surface area contributed by atoms with Crippen LogP contribution in [0.4, 0.5) is 0 Å². The van der Waals surface area contributed by atoms with Crippen LogP contribution in [-0.4, -0.2) is 22.3 Å². The van der Waals surface area contributed by atoms with Crippen LogP contribution in [0.15, 0.2) is 12.2 Å². The molecule has 0 aliphatic carbocycles. The largest absolute Gasteiger partial charge is 0.481 e. The Bertz CT molecular complexity index is 559. The number of aliphatic carboxylic acids is 1. The molecule has 0 aliphatic heterocycles. The van der Waals surface area contributed by atoms with E-state index < -0.39 is 12.1 Å². The van der Waals surface area contributed by atoms with E-state index in [9.17, 15) is 9.90 Å². The maximum Gasteiger partial charge on any atom is 0.305 e. The molecule has 0 spiro atoms. The summed E-state index contributed by atoms with van der Waals surface area (Å²) in [5.74, 6) is 16.4. The minimum Gasteiger partial charge on any atom is -0.481 e. The van der Waals surface area contributed by atoms with E-state index in [4.69, 9.17) is 11.5 Å². The minimum atomic E-state index is -0.961. The Morgan fingerprint density at radius 2 is 1.81 bits per heavy atom. The molecule has 0 aromatic rings. The number of aliphatic hydroxyl groups is 1. The molecule has 1 atom stereocenters. The van der Waals surface area contributed by atoms with Gasteiger partial charge in [-0.25, -0.2) is 0 Å². The van der Waals surface area contributed by atoms with Crippen molar-refractivity contribution in [2.45, 2.75) is 44.6 Å². The predicted molar refractivity (Wildman–Crippen MR) is 82.6 cm³/mol. The SMILES string of the molecule is C#CC#CC#CC#C/C=C/CCCCC[C@@H](O)CC(=O)O. The van der Waals surface area contributed by atoms with E-state index in [0.717, 1.165) is 25.7 Å². The van der Waals surface area contributed by atoms with E-state index in [1.807, 2.05) is 6.08 Å². The molecule has 0 unspecified atom stereocenters. The second-order valence-electron chi connectivity index (χ2n) is 4.21. The van der Waals surface area contributed by atoms with Crippen LogP contribution in [0.2, 0.25) is 0 Å². The number of carboxylic acid groups (broad SMARTS) is 1. The third-order valence-corrected chi connectivity index (χ3v) is 2.41. The fraction of sp³-hybridized carbons (Fsp3) is 0.389. The molecule has 2 N–H and O–H groups in total. The van der Waals surface area contributed by atoms with E-state index in [1.54, 1.807) is 6.08 Å². The lowest BCUT2D eigenvalue weighted by molar-refractivity contribution is -0.139. The second-order valence-corrected chi connectivity index (χ2v) is 4.21. The van der Waals surface area contributed by atoms with Gasteiger partial charge in [-0.3, -0.25) is 4.79 Å². The lowest BCUT2D eigenvalue weighted by Crippen LogP contribution is -2.12. The molecule has 0 aliphatic rings. The first-order chi connectivity index (χ1) is 10.2. The van der Waals surface area contributed by atoms with E-state index in [0.29, 0.717) is 6.42 Å². The molecule has 0 fully saturated rings. The van der Waals surface area contributed by atoms with Gasteiger partial charge in [0.05, 0.1) is 12.5 Å². The van der Waals surface area contributed by atoms with Gasteiger partial charge in [-0.05, 0) is 60.9 Å². The van der Waals surface area contributed by atoms with Gasteiger partial charge in [-0.1, -0.05) is 24.8 Å². The highest BCUT2D eigenvalue weighted by Gasteiger charge is 2.08. The van der Waals surface area contributed by atoms with Gasteiger partial charge in [-0.2, -0.15) is 0 Å². The predicted octanol–water partition coefficient (Wildman–Crippen LogP) is 1.97. The van der Waals surface area contributed by atoms with Crippen LogP contribution in [0.1, 0.15) is 38.5 Å². The number of aliphatic hydroxyl groups excluding tert-OH is 1. The van der Waals surface area contributed by atoms with Crippen molar-refractivity contribution in [1.82, 2.24) is 0 Å². The van der Waals surface area contributed by atoms with Crippen molar-refractivity contribution in [3.05, 3.63) is 12.2 Å². The molecule has 0 saturated heterocycles. The normalized spacial score (nSPS) is 10.1. The van der Waals surface area contributed by atoms with Gasteiger partial charge in [0.25, 0.3) is 0 Å². The molecule has 0 aromatic carbocycles. The van der Waals surface area contributed by atoms with E-state index in [-0.39, 0.29) is 6.42 Å². The summed E-state index contributed by atoms with van der Waals surface area (Å²) in [6, 6.07) is 0. The molecule has 0 saturated carbocycles. The average molecular weight is 282 g/mol. The van der Waals surface area contributed by atoms with Crippen molar-refractivity contribution < 1.29 is 15.0 Å². The summed E-state index contributed by atoms with van der Waals surface area (Å²) in [7, 11) is 0. The number of hydrogen-bond donors (Lipinski definition) is 2. The number of carboxylic acids is 1. The number of terminal acetylenes is 1. The van der Waals surface area contributed by atoms with Gasteiger partial charge in [0, 0.05) is 0 Å². The first-order valence-electron chi connectivity index (χ1n) is 6.67. The molecule has 0 amide bonds. The van der Waals surface area contributed by atoms with Crippen molar-refractivity contribution in [2.24, 2.45) is 0 Å². The summed E-state index contributed by atoms with van der Waals surface area (Å²) in [5.41, 5.74) is 0. The van der Waals surface area contributed by atoms with Gasteiger partial charge >= 0.3 is 5.97 Å². The first-order valence-corrected chi connectivity index (χ1v) is 6.67. The third kappa shape index (κ3) is 15.4. The summed E-state index contributed by atoms with van der Waals surface area (Å²) < 4.78 is 0. The second kappa shape index (κ2) is 13.8. The quantitative estimate of drug-likeness (QED) is 0.528. The van der Waals surface area contributed by atoms with Crippen LogP contribution in [0, 0.1) is 47.9 Å². The Hall–Kier alpha value is -2.59. The van der Waals surface area contributed by atoms with Crippen molar-refractivity contribution in [3.8, 4) is 47.9 Å². The third-order valence-electron chi connectivity index (χ3n) is 2.41. The highest BCUT2D eigenvalue weighted by atomic mass is 16.4. The highest BCUT2D eigenvalue weighted by Crippen LogP contribution is 2.08. The molecule has 0 radical (unpaired) electrons. The molecular weight excluding hydrogens is 264 g/mol. The zero-order chi connectivity index (χ0) is 15.8. The lowest BCUT2D eigenvalue weighted by atomic mass is 10.1. The van der Waals surface area contributed by atoms with Crippen LogP contribution < -0.4 is 0 Å². The number of allylic oxidation sites excluding steroid dienone is 2. The molecule has 0 aromatic heterocycles. The summed E-state index contributed by atoms with van der Waals surface area (Å²) in [4.78, 5) is 10.3. The molecule has 3 heteroatoms. The van der Waals surface area contributed by atoms with Crippen LogP contribution >= 0.6 is 0 Å². The van der Waals surface area contributed by atoms with Gasteiger partial charge in [0.1, 0.15) is 0 Å². The number of carbonyl (C=O) groups is 1. The standard InChI is InChI=1S/C18H18O3/c1-2-3-4-5-6-7-8-9-10-11-12-13-14-15-17(19)16-18(20)21/h1,9-10,17,19H,11-16H2,(H,20,21)/b10-9+/t17-/m1/s1. The molecule has 0 rings (SSSR count). The monoisotopic (exact) mass is 282 g/mol. The van der Waals surface area contributed by atoms with Crippen molar-refractivity contribution in [1.29, 1.82) is 0 Å². The lowest BCUT2D eigenvalue weighted by Gasteiger charge is -2.06. The van der Waals surface area contributed by atoms with Crippen molar-refractivity contribution >= 4 is 5.97 Å². The van der Waals surface area contributed by atoms with E-state index >= 15 is 0 Å².